The number of pyridine rings is 4. The Labute approximate surface area is 728 Å². The molecule has 0 unspecified atom stereocenters. The molecule has 5 aliphatic heterocycles. The summed E-state index contributed by atoms with van der Waals surface area (Å²) in [5.41, 5.74) is 22.8. The van der Waals surface area contributed by atoms with Gasteiger partial charge < -0.3 is 40.0 Å². The van der Waals surface area contributed by atoms with Crippen LogP contribution in [-0.4, -0.2) is 222 Å². The van der Waals surface area contributed by atoms with Gasteiger partial charge in [0.15, 0.2) is 0 Å². The summed E-state index contributed by atoms with van der Waals surface area (Å²) in [6, 6.07) is 32.0. The highest BCUT2D eigenvalue weighted by atomic mass is 16.1. The Morgan fingerprint density at radius 3 is 1.02 bits per heavy atom. The number of hydrogen-bond donors (Lipinski definition) is 2. The fourth-order valence-electron chi connectivity index (χ4n) is 18.5. The second kappa shape index (κ2) is 35.5. The van der Waals surface area contributed by atoms with E-state index in [9.17, 15) is 19.2 Å². The number of piperidine rings is 1. The number of anilines is 4. The second-order valence-corrected chi connectivity index (χ2v) is 34.3. The standard InChI is InChI=1S/C26H31N7O.2C23H27N7O.C22H25N7O/c1-3-21-24-14-23(29-33(24)16-18(2)27-21)22-15-26(34)32-17-20(6-7-25(32)28-22)31-12-8-19(9-13-31)30-10-4-5-11-30;1-5-18-21-8-20(27-30(21)12-16(4)25-18)19-9-23(31)29-13-17(6-7-22(29)26-19)28-10-14(2)24-15(3)11-28;1-4-18-21-12-20(26-30(21)14-16(2)24-18)19-13-23(31)29-15-17(6-7-22(29)25-19)28-9-5-8-27(3)10-11-28;1-4-17-20-9-19(26-29(20)12-15(3)24-17)18-10-22(30)28-13-16(5-6-21(28)25-18)27-8-7-23-14(2)11-27/h6-7,14-17,19H,3-5,8-13H2,1-2H3;6-9,12-15,24H,5,10-11H2,1-4H3;6-7,12-15H,4-5,8-11H2,1-3H3;5-6,9-10,12-14,23H,4,7-8,11H2,1-3H3/t;14-,15+;;14-/m...0/s1. The van der Waals surface area contributed by atoms with E-state index in [0.29, 0.717) is 92.3 Å². The van der Waals surface area contributed by atoms with Gasteiger partial charge in [-0.2, -0.15) is 20.4 Å². The van der Waals surface area contributed by atoms with Gasteiger partial charge >= 0.3 is 0 Å². The smallest absolute Gasteiger partial charge is 0.258 e. The minimum absolute atomic E-state index is 0.0871. The molecule has 0 radical (unpaired) electrons. The van der Waals surface area contributed by atoms with Crippen molar-refractivity contribution in [2.75, 3.05) is 112 Å². The van der Waals surface area contributed by atoms with Gasteiger partial charge in [-0.25, -0.2) is 38.0 Å². The molecule has 126 heavy (non-hydrogen) atoms. The topological polar surface area (TPSA) is 302 Å². The first-order chi connectivity index (χ1) is 61.0. The predicted molar refractivity (Wildman–Crippen MR) is 495 cm³/mol. The number of fused-ring (bicyclic) bond motifs is 8. The lowest BCUT2D eigenvalue weighted by Gasteiger charge is -2.37. The maximum absolute atomic E-state index is 13.1. The Morgan fingerprint density at radius 2 is 0.667 bits per heavy atom. The van der Waals surface area contributed by atoms with Crippen molar-refractivity contribution in [1.82, 2.24) is 116 Å². The zero-order valence-electron chi connectivity index (χ0n) is 74.0. The summed E-state index contributed by atoms with van der Waals surface area (Å²) in [6.45, 7) is 35.9. The van der Waals surface area contributed by atoms with Crippen LogP contribution < -0.4 is 52.5 Å². The average Bonchev–Trinajstić information content (AvgIpc) is 1.63. The zero-order chi connectivity index (χ0) is 87.3. The van der Waals surface area contributed by atoms with Gasteiger partial charge in [-0.3, -0.25) is 56.7 Å². The molecule has 32 nitrogen and oxygen atoms in total. The van der Waals surface area contributed by atoms with E-state index in [-0.39, 0.29) is 22.2 Å². The van der Waals surface area contributed by atoms with E-state index in [1.165, 1.54) is 38.8 Å². The van der Waals surface area contributed by atoms with Gasteiger partial charge in [0.1, 0.15) is 45.4 Å². The first-order valence-corrected chi connectivity index (χ1v) is 44.5. The van der Waals surface area contributed by atoms with E-state index in [4.69, 9.17) is 19.9 Å². The summed E-state index contributed by atoms with van der Waals surface area (Å²) < 4.78 is 13.9. The lowest BCUT2D eigenvalue weighted by atomic mass is 10.0. The van der Waals surface area contributed by atoms with Gasteiger partial charge in [0.2, 0.25) is 0 Å². The Bertz CT molecular complexity index is 7030. The van der Waals surface area contributed by atoms with Crippen molar-refractivity contribution in [1.29, 1.82) is 0 Å². The van der Waals surface area contributed by atoms with E-state index in [1.807, 2.05) is 156 Å². The number of aryl methyl sites for hydroxylation is 8. The summed E-state index contributed by atoms with van der Waals surface area (Å²) >= 11 is 0. The molecule has 0 aromatic carbocycles. The number of nitrogens with zero attached hydrogens (tertiary/aromatic N) is 26. The molecule has 16 aromatic heterocycles. The van der Waals surface area contributed by atoms with Crippen LogP contribution in [0.3, 0.4) is 0 Å². The van der Waals surface area contributed by atoms with Crippen LogP contribution in [0.4, 0.5) is 22.7 Å². The molecular weight excluding hydrogens is 1590 g/mol. The summed E-state index contributed by atoms with van der Waals surface area (Å²) in [5.74, 6) is 0. The van der Waals surface area contributed by atoms with Gasteiger partial charge in [0.25, 0.3) is 22.2 Å². The number of piperazine rings is 2. The summed E-state index contributed by atoms with van der Waals surface area (Å²) in [7, 11) is 2.15. The number of hydrogen-bond acceptors (Lipinski definition) is 24. The number of nitrogens with one attached hydrogen (secondary N) is 2. The van der Waals surface area contributed by atoms with Crippen LogP contribution in [0.2, 0.25) is 0 Å². The third-order valence-corrected chi connectivity index (χ3v) is 24.8. The lowest BCUT2D eigenvalue weighted by molar-refractivity contribution is 0.208. The Morgan fingerprint density at radius 1 is 0.333 bits per heavy atom. The largest absolute Gasteiger partial charge is 0.370 e. The third-order valence-electron chi connectivity index (χ3n) is 24.8. The van der Waals surface area contributed by atoms with Crippen LogP contribution >= 0.6 is 0 Å². The SMILES string of the molecule is CCc1nc(C)cn2nc(-c3cc(=O)n4cc(N5CCC(N6CCCC6)CC5)ccc4n3)cc12.CCc1nc(C)cn2nc(-c3cc(=O)n4cc(N5CCCN(C)CC5)ccc4n3)cc12.CCc1nc(C)cn2nc(-c3cc(=O)n4cc(N5CCN[C@@H](C)C5)ccc4n3)cc12.CCc1nc(C)cn2nc(-c3cc(=O)n4cc(N5C[C@@H](C)N[C@@H](C)C5)ccc4n3)cc12. The van der Waals surface area contributed by atoms with Crippen LogP contribution in [0.5, 0.6) is 0 Å². The van der Waals surface area contributed by atoms with Gasteiger partial charge in [-0.05, 0) is 206 Å². The molecule has 0 amide bonds. The van der Waals surface area contributed by atoms with Crippen molar-refractivity contribution in [3.63, 3.8) is 0 Å². The molecule has 0 spiro atoms. The molecule has 21 rings (SSSR count). The number of rotatable bonds is 13. The minimum atomic E-state index is -0.111. The number of likely N-dealkylation sites (tertiary alicyclic amines) is 1. The van der Waals surface area contributed by atoms with Crippen molar-refractivity contribution in [3.05, 3.63) is 234 Å². The van der Waals surface area contributed by atoms with Crippen LogP contribution in [0.25, 0.3) is 90.2 Å². The van der Waals surface area contributed by atoms with E-state index in [2.05, 4.69) is 148 Å². The van der Waals surface area contributed by atoms with Crippen molar-refractivity contribution < 1.29 is 0 Å². The fraction of sp³-hybridized carbons (Fsp3) is 0.404. The maximum atomic E-state index is 13.1. The maximum Gasteiger partial charge on any atom is 0.258 e. The Hall–Kier alpha value is -13.0. The molecule has 0 saturated carbocycles. The van der Waals surface area contributed by atoms with Gasteiger partial charge in [-0.1, -0.05) is 27.7 Å². The molecule has 16 aromatic rings. The molecule has 650 valence electrons. The normalized spacial score (nSPS) is 17.5. The van der Waals surface area contributed by atoms with Gasteiger partial charge in [-0.15, -0.1) is 0 Å². The number of aromatic nitrogens is 20. The molecule has 0 aliphatic carbocycles. The second-order valence-electron chi connectivity index (χ2n) is 34.3. The molecule has 0 bridgehead atoms. The first kappa shape index (κ1) is 83.8. The molecular formula is C94H110N28O4. The van der Waals surface area contributed by atoms with Gasteiger partial charge in [0, 0.05) is 139 Å². The highest BCUT2D eigenvalue weighted by Crippen LogP contribution is 2.31. The van der Waals surface area contributed by atoms with Crippen molar-refractivity contribution in [2.24, 2.45) is 0 Å². The third kappa shape index (κ3) is 17.5. The highest BCUT2D eigenvalue weighted by Gasteiger charge is 2.29. The minimum Gasteiger partial charge on any atom is -0.370 e. The molecule has 2 N–H and O–H groups in total. The first-order valence-electron chi connectivity index (χ1n) is 44.5. The van der Waals surface area contributed by atoms with E-state index < -0.39 is 0 Å². The monoisotopic (exact) mass is 1690 g/mol. The molecule has 32 heteroatoms. The van der Waals surface area contributed by atoms with Crippen LogP contribution in [0.15, 0.2) is 166 Å². The van der Waals surface area contributed by atoms with E-state index in [1.54, 1.807) is 41.9 Å². The van der Waals surface area contributed by atoms with Crippen LogP contribution in [-0.2, 0) is 25.7 Å². The fourth-order valence-corrected chi connectivity index (χ4v) is 18.5. The molecule has 21 heterocycles. The quantitative estimate of drug-likeness (QED) is 0.108. The lowest BCUT2D eigenvalue weighted by Crippen LogP contribution is -2.54. The molecule has 5 fully saturated rings. The molecule has 5 aliphatic rings. The summed E-state index contributed by atoms with van der Waals surface area (Å²) in [5, 5.41) is 25.6. The van der Waals surface area contributed by atoms with Crippen molar-refractivity contribution in [3.8, 4) is 45.6 Å². The highest BCUT2D eigenvalue weighted by molar-refractivity contribution is 5.71. The summed E-state index contributed by atoms with van der Waals surface area (Å²) in [6.07, 6.45) is 24.7. The zero-order valence-corrected chi connectivity index (χ0v) is 74.0. The molecule has 5 saturated heterocycles. The van der Waals surface area contributed by atoms with Gasteiger partial charge in [0.05, 0.1) is 138 Å². The van der Waals surface area contributed by atoms with Crippen molar-refractivity contribution in [2.45, 2.75) is 158 Å². The summed E-state index contributed by atoms with van der Waals surface area (Å²) in [4.78, 5) is 104. The van der Waals surface area contributed by atoms with Crippen molar-refractivity contribution >= 4 is 67.4 Å². The molecule has 3 atom stereocenters. The van der Waals surface area contributed by atoms with E-state index >= 15 is 0 Å². The predicted octanol–water partition coefficient (Wildman–Crippen LogP) is 10.3. The number of likely N-dealkylation sites (N-methyl/N-ethyl adjacent to an activating group) is 1. The Balaban J connectivity index is 0.000000114. The average molecular weight is 1700 g/mol. The van der Waals surface area contributed by atoms with E-state index in [0.717, 1.165) is 194 Å². The van der Waals surface area contributed by atoms with Crippen LogP contribution in [0, 0.1) is 27.7 Å². The Kier molecular flexibility index (Phi) is 23.6. The van der Waals surface area contributed by atoms with Crippen LogP contribution in [0.1, 0.15) is 126 Å².